The van der Waals surface area contributed by atoms with Crippen molar-refractivity contribution >= 4 is 32.8 Å². The summed E-state index contributed by atoms with van der Waals surface area (Å²) in [5, 5.41) is 0.504. The molecule has 0 radical (unpaired) electrons. The van der Waals surface area contributed by atoms with E-state index in [0.717, 1.165) is 22.6 Å². The number of fused-ring (bicyclic) bond motifs is 1. The zero-order valence-electron chi connectivity index (χ0n) is 15.3. The molecule has 0 spiro atoms. The van der Waals surface area contributed by atoms with E-state index >= 15 is 0 Å². The highest BCUT2D eigenvalue weighted by Gasteiger charge is 2.35. The third kappa shape index (κ3) is 3.13. The molecule has 7 nitrogen and oxygen atoms in total. The molecule has 0 N–H and O–H groups in total. The number of hydrogen-bond donors (Lipinski definition) is 0. The van der Waals surface area contributed by atoms with Crippen molar-refractivity contribution in [3.63, 3.8) is 0 Å². The first kappa shape index (κ1) is 18.4. The highest BCUT2D eigenvalue weighted by Crippen LogP contribution is 2.34. The van der Waals surface area contributed by atoms with Crippen LogP contribution in [0.1, 0.15) is 12.5 Å². The van der Waals surface area contributed by atoms with Crippen molar-refractivity contribution < 1.29 is 12.8 Å². The quantitative estimate of drug-likeness (QED) is 0.491. The van der Waals surface area contributed by atoms with Gasteiger partial charge in [0.15, 0.2) is 5.65 Å². The normalized spacial score (nSPS) is 17.9. The average Bonchev–Trinajstić information content (AvgIpc) is 3.46. The number of benzene rings is 1. The summed E-state index contributed by atoms with van der Waals surface area (Å²) in [5.41, 5.74) is 2.34. The number of furan rings is 1. The summed E-state index contributed by atoms with van der Waals surface area (Å²) in [6.45, 7) is 0.769. The first-order valence-electron chi connectivity index (χ1n) is 9.15. The van der Waals surface area contributed by atoms with Gasteiger partial charge in [0.05, 0.1) is 22.8 Å². The molecule has 0 amide bonds. The molecular weight excluding hydrogens is 412 g/mol. The van der Waals surface area contributed by atoms with E-state index in [1.54, 1.807) is 30.9 Å². The number of halogens is 1. The summed E-state index contributed by atoms with van der Waals surface area (Å²) in [6, 6.07) is 11.8. The second-order valence-electron chi connectivity index (χ2n) is 6.92. The van der Waals surface area contributed by atoms with Crippen LogP contribution >= 0.6 is 11.6 Å². The van der Waals surface area contributed by atoms with E-state index in [1.807, 2.05) is 22.8 Å². The van der Waals surface area contributed by atoms with Crippen molar-refractivity contribution in [1.29, 1.82) is 0 Å². The molecule has 0 bridgehead atoms. The molecule has 1 atom stereocenters. The Bertz CT molecular complexity index is 1270. The van der Waals surface area contributed by atoms with Crippen molar-refractivity contribution in [2.24, 2.45) is 0 Å². The Morgan fingerprint density at radius 2 is 1.97 bits per heavy atom. The van der Waals surface area contributed by atoms with Crippen molar-refractivity contribution in [2.45, 2.75) is 17.4 Å². The van der Waals surface area contributed by atoms with Crippen LogP contribution in [-0.2, 0) is 10.0 Å². The number of nitrogens with zero attached hydrogens (tertiary/aromatic N) is 4. The predicted octanol–water partition coefficient (Wildman–Crippen LogP) is 3.98. The average molecular weight is 429 g/mol. The standard InChI is InChI=1S/C20H17ClN4O3S/c21-15-3-5-17(6-4-15)29(26,27)24-10-7-16(12-24)25-19(14-8-11-28-13-14)23-18-2-1-9-22-20(18)25/h1-6,8-9,11,13,16H,7,10,12H2/t16-/m1/s1. The molecule has 0 saturated carbocycles. The van der Waals surface area contributed by atoms with Gasteiger partial charge in [-0.05, 0) is 48.9 Å². The lowest BCUT2D eigenvalue weighted by Gasteiger charge is -2.18. The fraction of sp³-hybridized carbons (Fsp3) is 0.200. The lowest BCUT2D eigenvalue weighted by atomic mass is 10.2. The molecule has 3 aromatic heterocycles. The first-order valence-corrected chi connectivity index (χ1v) is 11.0. The van der Waals surface area contributed by atoms with Crippen LogP contribution < -0.4 is 0 Å². The van der Waals surface area contributed by atoms with E-state index in [9.17, 15) is 8.42 Å². The number of rotatable bonds is 4. The van der Waals surface area contributed by atoms with E-state index in [1.165, 1.54) is 16.4 Å². The smallest absolute Gasteiger partial charge is 0.243 e. The molecule has 1 aromatic carbocycles. The minimum atomic E-state index is -3.60. The van der Waals surface area contributed by atoms with Crippen molar-refractivity contribution in [2.75, 3.05) is 13.1 Å². The molecule has 0 aliphatic carbocycles. The Hall–Kier alpha value is -2.68. The SMILES string of the molecule is O=S(=O)(c1ccc(Cl)cc1)N1CC[C@@H](n2c(-c3ccoc3)nc3cccnc32)C1. The Balaban J connectivity index is 1.53. The number of pyridine rings is 1. The van der Waals surface area contributed by atoms with Gasteiger partial charge in [-0.1, -0.05) is 11.6 Å². The summed E-state index contributed by atoms with van der Waals surface area (Å²) < 4.78 is 34.9. The van der Waals surface area contributed by atoms with Crippen molar-refractivity contribution in [3.8, 4) is 11.4 Å². The summed E-state index contributed by atoms with van der Waals surface area (Å²) in [4.78, 5) is 9.45. The highest BCUT2D eigenvalue weighted by molar-refractivity contribution is 7.89. The maximum Gasteiger partial charge on any atom is 0.243 e. The molecule has 148 valence electrons. The summed E-state index contributed by atoms with van der Waals surface area (Å²) >= 11 is 5.90. The minimum Gasteiger partial charge on any atom is -0.472 e. The van der Waals surface area contributed by atoms with Gasteiger partial charge < -0.3 is 8.98 Å². The van der Waals surface area contributed by atoms with Crippen molar-refractivity contribution in [3.05, 3.63) is 66.2 Å². The van der Waals surface area contributed by atoms with Gasteiger partial charge in [-0.25, -0.2) is 18.4 Å². The molecule has 1 aliphatic rings. The molecule has 9 heteroatoms. The monoisotopic (exact) mass is 428 g/mol. The maximum atomic E-state index is 13.1. The van der Waals surface area contributed by atoms with Gasteiger partial charge in [0, 0.05) is 24.3 Å². The summed E-state index contributed by atoms with van der Waals surface area (Å²) in [7, 11) is -3.60. The number of imidazole rings is 1. The fourth-order valence-electron chi connectivity index (χ4n) is 3.77. The molecule has 4 heterocycles. The summed E-state index contributed by atoms with van der Waals surface area (Å²) in [5.74, 6) is 0.725. The van der Waals surface area contributed by atoms with Gasteiger partial charge >= 0.3 is 0 Å². The van der Waals surface area contributed by atoms with Crippen LogP contribution in [-0.4, -0.2) is 40.3 Å². The van der Waals surface area contributed by atoms with Gasteiger partial charge in [0.1, 0.15) is 17.6 Å². The molecule has 1 aliphatic heterocycles. The second-order valence-corrected chi connectivity index (χ2v) is 9.30. The zero-order chi connectivity index (χ0) is 20.0. The van der Waals surface area contributed by atoms with Crippen LogP contribution in [0.5, 0.6) is 0 Å². The Morgan fingerprint density at radius 3 is 2.72 bits per heavy atom. The van der Waals surface area contributed by atoms with E-state index in [2.05, 4.69) is 4.98 Å². The van der Waals surface area contributed by atoms with Gasteiger partial charge in [-0.15, -0.1) is 0 Å². The Kier molecular flexibility index (Phi) is 4.42. The molecule has 4 aromatic rings. The fourth-order valence-corrected chi connectivity index (χ4v) is 5.38. The molecule has 1 saturated heterocycles. The van der Waals surface area contributed by atoms with E-state index in [-0.39, 0.29) is 10.9 Å². The molecule has 5 rings (SSSR count). The number of aromatic nitrogens is 3. The van der Waals surface area contributed by atoms with E-state index in [4.69, 9.17) is 21.0 Å². The third-order valence-corrected chi connectivity index (χ3v) is 7.30. The molecule has 29 heavy (non-hydrogen) atoms. The highest BCUT2D eigenvalue weighted by atomic mass is 35.5. The minimum absolute atomic E-state index is 0.0816. The van der Waals surface area contributed by atoms with Crippen LogP contribution in [0, 0.1) is 0 Å². The van der Waals surface area contributed by atoms with Gasteiger partial charge in [-0.2, -0.15) is 4.31 Å². The Labute approximate surface area is 172 Å². The molecular formula is C20H17ClN4O3S. The van der Waals surface area contributed by atoms with E-state index in [0.29, 0.717) is 24.5 Å². The van der Waals surface area contributed by atoms with Crippen molar-refractivity contribution in [1.82, 2.24) is 18.8 Å². The number of sulfonamides is 1. The lowest BCUT2D eigenvalue weighted by Crippen LogP contribution is -2.29. The zero-order valence-corrected chi connectivity index (χ0v) is 16.8. The summed E-state index contributed by atoms with van der Waals surface area (Å²) in [6.07, 6.45) is 5.61. The van der Waals surface area contributed by atoms with Crippen LogP contribution in [0.4, 0.5) is 0 Å². The number of hydrogen-bond acceptors (Lipinski definition) is 5. The third-order valence-electron chi connectivity index (χ3n) is 5.17. The Morgan fingerprint density at radius 1 is 1.14 bits per heavy atom. The van der Waals surface area contributed by atoms with Gasteiger partial charge in [0.25, 0.3) is 0 Å². The van der Waals surface area contributed by atoms with Gasteiger partial charge in [-0.3, -0.25) is 0 Å². The van der Waals surface area contributed by atoms with Gasteiger partial charge in [0.2, 0.25) is 10.0 Å². The van der Waals surface area contributed by atoms with Crippen LogP contribution in [0.2, 0.25) is 5.02 Å². The van der Waals surface area contributed by atoms with Crippen LogP contribution in [0.25, 0.3) is 22.6 Å². The largest absolute Gasteiger partial charge is 0.472 e. The maximum absolute atomic E-state index is 13.1. The van der Waals surface area contributed by atoms with Crippen LogP contribution in [0.3, 0.4) is 0 Å². The predicted molar refractivity (Wildman–Crippen MR) is 109 cm³/mol. The van der Waals surface area contributed by atoms with Crippen LogP contribution in [0.15, 0.2) is 70.5 Å². The molecule has 1 fully saturated rings. The lowest BCUT2D eigenvalue weighted by molar-refractivity contribution is 0.455. The topological polar surface area (TPSA) is 81.2 Å². The molecule has 0 unspecified atom stereocenters. The first-order chi connectivity index (χ1) is 14.0. The van der Waals surface area contributed by atoms with E-state index < -0.39 is 10.0 Å². The second kappa shape index (κ2) is 6.98.